The topological polar surface area (TPSA) is 57.5 Å². The minimum absolute atomic E-state index is 0.106. The van der Waals surface area contributed by atoms with Gasteiger partial charge in [0.25, 0.3) is 0 Å². The Morgan fingerprint density at radius 2 is 2.21 bits per heavy atom. The molecule has 0 amide bonds. The van der Waals surface area contributed by atoms with Crippen molar-refractivity contribution >= 4 is 28.0 Å². The van der Waals surface area contributed by atoms with Crippen LogP contribution in [0.25, 0.3) is 6.08 Å². The van der Waals surface area contributed by atoms with Crippen molar-refractivity contribution in [3.8, 4) is 0 Å². The van der Waals surface area contributed by atoms with Gasteiger partial charge in [0.05, 0.1) is 12.2 Å². The Hall–Kier alpha value is -1.13. The molecule has 3 nitrogen and oxygen atoms in total. The van der Waals surface area contributed by atoms with Crippen molar-refractivity contribution in [1.82, 2.24) is 0 Å². The van der Waals surface area contributed by atoms with Gasteiger partial charge in [0.15, 0.2) is 0 Å². The average Bonchev–Trinajstić information content (AvgIpc) is 2.14. The number of aromatic carboxylic acids is 1. The summed E-state index contributed by atoms with van der Waals surface area (Å²) in [6.45, 7) is -0.106. The number of halogens is 1. The molecule has 0 radical (unpaired) electrons. The molecule has 2 N–H and O–H groups in total. The molecule has 0 unspecified atom stereocenters. The second kappa shape index (κ2) is 4.93. The molecular formula is C10H9BrO3. The van der Waals surface area contributed by atoms with E-state index in [1.54, 1.807) is 18.2 Å². The molecule has 0 atom stereocenters. The summed E-state index contributed by atoms with van der Waals surface area (Å²) in [5.74, 6) is -0.977. The van der Waals surface area contributed by atoms with Gasteiger partial charge in [-0.3, -0.25) is 0 Å². The van der Waals surface area contributed by atoms with E-state index in [4.69, 9.17) is 10.2 Å². The number of benzene rings is 1. The van der Waals surface area contributed by atoms with Crippen molar-refractivity contribution in [2.24, 2.45) is 0 Å². The van der Waals surface area contributed by atoms with Crippen LogP contribution in [0.2, 0.25) is 0 Å². The minimum Gasteiger partial charge on any atom is -0.478 e. The number of carbonyl (C=O) groups is 1. The van der Waals surface area contributed by atoms with Crippen molar-refractivity contribution < 1.29 is 15.0 Å². The summed E-state index contributed by atoms with van der Waals surface area (Å²) in [7, 11) is 0. The second-order valence-electron chi connectivity index (χ2n) is 2.62. The van der Waals surface area contributed by atoms with Crippen LogP contribution in [-0.4, -0.2) is 22.8 Å². The smallest absolute Gasteiger partial charge is 0.336 e. The fraction of sp³-hybridized carbons (Fsp3) is 0.100. The van der Waals surface area contributed by atoms with Gasteiger partial charge in [0, 0.05) is 4.47 Å². The minimum atomic E-state index is -0.977. The van der Waals surface area contributed by atoms with Crippen LogP contribution in [0.3, 0.4) is 0 Å². The first-order chi connectivity index (χ1) is 6.65. The number of carboxylic acid groups (broad SMARTS) is 1. The van der Waals surface area contributed by atoms with Crippen LogP contribution in [-0.2, 0) is 0 Å². The molecule has 14 heavy (non-hydrogen) atoms. The molecule has 0 saturated carbocycles. The average molecular weight is 257 g/mol. The summed E-state index contributed by atoms with van der Waals surface area (Å²) < 4.78 is 0.806. The first kappa shape index (κ1) is 10.9. The molecule has 4 heteroatoms. The lowest BCUT2D eigenvalue weighted by Crippen LogP contribution is -1.99. The third kappa shape index (κ3) is 2.68. The largest absolute Gasteiger partial charge is 0.478 e. The highest BCUT2D eigenvalue weighted by atomic mass is 79.9. The van der Waals surface area contributed by atoms with Crippen LogP contribution in [0.4, 0.5) is 0 Å². The van der Waals surface area contributed by atoms with Crippen molar-refractivity contribution in [1.29, 1.82) is 0 Å². The maximum Gasteiger partial charge on any atom is 0.336 e. The van der Waals surface area contributed by atoms with Gasteiger partial charge in [-0.1, -0.05) is 28.1 Å². The highest BCUT2D eigenvalue weighted by Gasteiger charge is 2.07. The van der Waals surface area contributed by atoms with Crippen LogP contribution < -0.4 is 0 Å². The Bertz CT molecular complexity index is 372. The predicted molar refractivity (Wildman–Crippen MR) is 57.2 cm³/mol. The summed E-state index contributed by atoms with van der Waals surface area (Å²) >= 11 is 3.25. The zero-order valence-electron chi connectivity index (χ0n) is 7.27. The molecule has 74 valence electrons. The second-order valence-corrected chi connectivity index (χ2v) is 3.54. The third-order valence-corrected chi connectivity index (χ3v) is 2.14. The zero-order valence-corrected chi connectivity index (χ0v) is 8.86. The summed E-state index contributed by atoms with van der Waals surface area (Å²) in [4.78, 5) is 10.8. The molecule has 0 heterocycles. The Morgan fingerprint density at radius 3 is 2.79 bits per heavy atom. The Labute approximate surface area is 89.8 Å². The lowest BCUT2D eigenvalue weighted by molar-refractivity contribution is 0.0696. The highest BCUT2D eigenvalue weighted by molar-refractivity contribution is 9.10. The molecule has 0 fully saturated rings. The van der Waals surface area contributed by atoms with Crippen LogP contribution in [0.5, 0.6) is 0 Å². The van der Waals surface area contributed by atoms with E-state index in [2.05, 4.69) is 15.9 Å². The van der Waals surface area contributed by atoms with E-state index < -0.39 is 5.97 Å². The molecular weight excluding hydrogens is 248 g/mol. The van der Waals surface area contributed by atoms with Gasteiger partial charge in [0.1, 0.15) is 0 Å². The first-order valence-corrected chi connectivity index (χ1v) is 4.74. The molecule has 0 saturated heterocycles. The molecule has 1 rings (SSSR count). The quantitative estimate of drug-likeness (QED) is 0.872. The number of aliphatic hydroxyl groups excluding tert-OH is 1. The van der Waals surface area contributed by atoms with Crippen LogP contribution in [0.1, 0.15) is 15.9 Å². The molecule has 1 aromatic carbocycles. The highest BCUT2D eigenvalue weighted by Crippen LogP contribution is 2.18. The lowest BCUT2D eigenvalue weighted by Gasteiger charge is -2.01. The third-order valence-electron chi connectivity index (χ3n) is 1.65. The van der Waals surface area contributed by atoms with Crippen molar-refractivity contribution in [2.75, 3.05) is 6.61 Å². The Morgan fingerprint density at radius 1 is 1.50 bits per heavy atom. The molecule has 1 aromatic rings. The van der Waals surface area contributed by atoms with Crippen molar-refractivity contribution in [2.45, 2.75) is 0 Å². The molecule has 0 bridgehead atoms. The van der Waals surface area contributed by atoms with Crippen LogP contribution >= 0.6 is 15.9 Å². The van der Waals surface area contributed by atoms with E-state index >= 15 is 0 Å². The predicted octanol–water partition coefficient (Wildman–Crippen LogP) is 2.15. The monoisotopic (exact) mass is 256 g/mol. The molecule has 0 aliphatic heterocycles. The van der Waals surface area contributed by atoms with Gasteiger partial charge in [0.2, 0.25) is 0 Å². The van der Waals surface area contributed by atoms with Gasteiger partial charge in [-0.2, -0.15) is 0 Å². The number of carboxylic acids is 1. The Balaban J connectivity index is 3.15. The molecule has 0 aliphatic rings. The number of hydrogen-bond donors (Lipinski definition) is 2. The standard InChI is InChI=1S/C10H9BrO3/c11-8-3-4-9(10(13)14)7(6-8)2-1-5-12/h1-4,6,12H,5H2,(H,13,14). The summed E-state index contributed by atoms with van der Waals surface area (Å²) in [6, 6.07) is 4.87. The van der Waals surface area contributed by atoms with E-state index in [0.29, 0.717) is 5.56 Å². The normalized spacial score (nSPS) is 10.7. The molecule has 0 spiro atoms. The van der Waals surface area contributed by atoms with Gasteiger partial charge in [-0.05, 0) is 23.8 Å². The summed E-state index contributed by atoms with van der Waals surface area (Å²) in [5, 5.41) is 17.4. The maximum atomic E-state index is 10.8. The molecule has 0 aliphatic carbocycles. The van der Waals surface area contributed by atoms with Crippen molar-refractivity contribution in [3.63, 3.8) is 0 Å². The van der Waals surface area contributed by atoms with Gasteiger partial charge >= 0.3 is 5.97 Å². The summed E-state index contributed by atoms with van der Waals surface area (Å²) in [5.41, 5.74) is 0.791. The lowest BCUT2D eigenvalue weighted by atomic mass is 10.1. The number of rotatable bonds is 3. The fourth-order valence-corrected chi connectivity index (χ4v) is 1.42. The van der Waals surface area contributed by atoms with E-state index in [-0.39, 0.29) is 12.2 Å². The van der Waals surface area contributed by atoms with Crippen LogP contribution in [0, 0.1) is 0 Å². The summed E-state index contributed by atoms with van der Waals surface area (Å²) in [6.07, 6.45) is 3.07. The maximum absolute atomic E-state index is 10.8. The SMILES string of the molecule is O=C(O)c1ccc(Br)cc1C=CCO. The van der Waals surface area contributed by atoms with Gasteiger partial charge in [-0.25, -0.2) is 4.79 Å². The number of aliphatic hydroxyl groups is 1. The van der Waals surface area contributed by atoms with Crippen molar-refractivity contribution in [3.05, 3.63) is 39.9 Å². The van der Waals surface area contributed by atoms with Crippen LogP contribution in [0.15, 0.2) is 28.7 Å². The van der Waals surface area contributed by atoms with E-state index in [9.17, 15) is 4.79 Å². The molecule has 0 aromatic heterocycles. The fourth-order valence-electron chi connectivity index (χ4n) is 1.05. The van der Waals surface area contributed by atoms with Gasteiger partial charge in [-0.15, -0.1) is 0 Å². The van der Waals surface area contributed by atoms with E-state index in [1.807, 2.05) is 0 Å². The van der Waals surface area contributed by atoms with Gasteiger partial charge < -0.3 is 10.2 Å². The zero-order chi connectivity index (χ0) is 10.6. The van der Waals surface area contributed by atoms with E-state index in [1.165, 1.54) is 12.1 Å². The van der Waals surface area contributed by atoms with E-state index in [0.717, 1.165) is 4.47 Å². The first-order valence-electron chi connectivity index (χ1n) is 3.95. The number of hydrogen-bond acceptors (Lipinski definition) is 2. The Kier molecular flexibility index (Phi) is 3.85.